The smallest absolute Gasteiger partial charge is 0.287 e. The van der Waals surface area contributed by atoms with Crippen LogP contribution in [0, 0.1) is 0 Å². The van der Waals surface area contributed by atoms with E-state index >= 15 is 0 Å². The lowest BCUT2D eigenvalue weighted by Crippen LogP contribution is -2.40. The zero-order valence-electron chi connectivity index (χ0n) is 9.53. The summed E-state index contributed by atoms with van der Waals surface area (Å²) in [4.78, 5) is 11.5. The number of hydrogen-bond donors (Lipinski definition) is 2. The van der Waals surface area contributed by atoms with Crippen LogP contribution in [0.5, 0.6) is 0 Å². The molecule has 0 aliphatic heterocycles. The summed E-state index contributed by atoms with van der Waals surface area (Å²) in [6.45, 7) is 1.94. The Balaban J connectivity index is 2.36. The van der Waals surface area contributed by atoms with Crippen molar-refractivity contribution in [1.82, 2.24) is 5.32 Å². The summed E-state index contributed by atoms with van der Waals surface area (Å²) in [5.41, 5.74) is -0.870. The highest BCUT2D eigenvalue weighted by molar-refractivity contribution is 7.98. The summed E-state index contributed by atoms with van der Waals surface area (Å²) in [5.74, 6) is 0.832. The molecule has 0 aromatic carbocycles. The minimum absolute atomic E-state index is 0.229. The molecular formula is C11H17NO3S. The van der Waals surface area contributed by atoms with Crippen molar-refractivity contribution in [2.45, 2.75) is 18.9 Å². The fourth-order valence-electron chi connectivity index (χ4n) is 1.18. The summed E-state index contributed by atoms with van der Waals surface area (Å²) >= 11 is 1.67. The van der Waals surface area contributed by atoms with Crippen molar-refractivity contribution in [3.8, 4) is 0 Å². The van der Waals surface area contributed by atoms with Crippen LogP contribution in [0.15, 0.2) is 22.8 Å². The average molecular weight is 243 g/mol. The number of carbonyl (C=O) groups is 1. The average Bonchev–Trinajstić information content (AvgIpc) is 2.77. The van der Waals surface area contributed by atoms with Crippen molar-refractivity contribution in [3.05, 3.63) is 24.2 Å². The molecule has 2 N–H and O–H groups in total. The molecule has 0 saturated carbocycles. The number of hydrogen-bond acceptors (Lipinski definition) is 4. The number of thioether (sulfide) groups is 1. The van der Waals surface area contributed by atoms with E-state index in [2.05, 4.69) is 5.32 Å². The first-order chi connectivity index (χ1) is 7.55. The Hall–Kier alpha value is -0.940. The Kier molecular flexibility index (Phi) is 4.89. The molecule has 0 unspecified atom stereocenters. The summed E-state index contributed by atoms with van der Waals surface area (Å²) in [6, 6.07) is 3.24. The van der Waals surface area contributed by atoms with Gasteiger partial charge >= 0.3 is 0 Å². The summed E-state index contributed by atoms with van der Waals surface area (Å²) < 4.78 is 4.94. The summed E-state index contributed by atoms with van der Waals surface area (Å²) in [6.07, 6.45) is 4.07. The van der Waals surface area contributed by atoms with Gasteiger partial charge in [-0.3, -0.25) is 4.79 Å². The first-order valence-corrected chi connectivity index (χ1v) is 6.47. The number of nitrogens with one attached hydrogen (secondary N) is 1. The standard InChI is InChI=1S/C11H17NO3S/c1-11(14,5-7-16-2)8-12-10(13)9-4-3-6-15-9/h3-4,6,14H,5,7-8H2,1-2H3,(H,12,13)/t11-/m0/s1. The maximum atomic E-state index is 11.5. The van der Waals surface area contributed by atoms with Crippen LogP contribution in [0.2, 0.25) is 0 Å². The highest BCUT2D eigenvalue weighted by Gasteiger charge is 2.21. The zero-order valence-corrected chi connectivity index (χ0v) is 10.3. The number of rotatable bonds is 6. The molecule has 0 spiro atoms. The van der Waals surface area contributed by atoms with Crippen LogP contribution in [0.4, 0.5) is 0 Å². The molecule has 1 rings (SSSR count). The van der Waals surface area contributed by atoms with Crippen LogP contribution in [0.3, 0.4) is 0 Å². The molecule has 0 saturated heterocycles. The van der Waals surface area contributed by atoms with Crippen LogP contribution in [0.1, 0.15) is 23.9 Å². The molecule has 0 aliphatic rings. The Bertz CT molecular complexity index is 322. The highest BCUT2D eigenvalue weighted by atomic mass is 32.2. The van der Waals surface area contributed by atoms with E-state index in [-0.39, 0.29) is 18.2 Å². The van der Waals surface area contributed by atoms with E-state index in [4.69, 9.17) is 4.42 Å². The predicted octanol–water partition coefficient (Wildman–Crippen LogP) is 1.51. The number of amides is 1. The van der Waals surface area contributed by atoms with Crippen LogP contribution < -0.4 is 5.32 Å². The van der Waals surface area contributed by atoms with E-state index in [1.165, 1.54) is 6.26 Å². The van der Waals surface area contributed by atoms with Crippen molar-refractivity contribution in [1.29, 1.82) is 0 Å². The fraction of sp³-hybridized carbons (Fsp3) is 0.545. The van der Waals surface area contributed by atoms with E-state index in [9.17, 15) is 9.90 Å². The van der Waals surface area contributed by atoms with Crippen LogP contribution in [-0.2, 0) is 0 Å². The first kappa shape index (κ1) is 13.1. The van der Waals surface area contributed by atoms with E-state index < -0.39 is 5.60 Å². The molecule has 4 nitrogen and oxygen atoms in total. The molecule has 1 amide bonds. The van der Waals surface area contributed by atoms with Gasteiger partial charge in [-0.05, 0) is 37.5 Å². The Morgan fingerprint density at radius 1 is 1.69 bits per heavy atom. The van der Waals surface area contributed by atoms with Gasteiger partial charge in [0.2, 0.25) is 0 Å². The van der Waals surface area contributed by atoms with Gasteiger partial charge in [-0.25, -0.2) is 0 Å². The van der Waals surface area contributed by atoms with Gasteiger partial charge in [-0.15, -0.1) is 0 Å². The third kappa shape index (κ3) is 4.28. The SMILES string of the molecule is CSCC[C@](C)(O)CNC(=O)c1ccco1. The fourth-order valence-corrected chi connectivity index (χ4v) is 1.82. The Morgan fingerprint density at radius 2 is 2.44 bits per heavy atom. The van der Waals surface area contributed by atoms with E-state index in [0.717, 1.165) is 5.75 Å². The van der Waals surface area contributed by atoms with E-state index in [1.54, 1.807) is 30.8 Å². The van der Waals surface area contributed by atoms with Crippen molar-refractivity contribution in [3.63, 3.8) is 0 Å². The summed E-state index contributed by atoms with van der Waals surface area (Å²) in [7, 11) is 0. The van der Waals surface area contributed by atoms with Crippen molar-refractivity contribution >= 4 is 17.7 Å². The first-order valence-electron chi connectivity index (χ1n) is 5.08. The number of furan rings is 1. The molecule has 0 fully saturated rings. The molecule has 0 radical (unpaired) electrons. The second-order valence-electron chi connectivity index (χ2n) is 3.90. The van der Waals surface area contributed by atoms with Gasteiger partial charge in [-0.2, -0.15) is 11.8 Å². The maximum Gasteiger partial charge on any atom is 0.287 e. The Labute approximate surface area is 99.4 Å². The molecule has 5 heteroatoms. The molecule has 90 valence electrons. The second-order valence-corrected chi connectivity index (χ2v) is 4.89. The predicted molar refractivity (Wildman–Crippen MR) is 64.7 cm³/mol. The van der Waals surface area contributed by atoms with Gasteiger partial charge < -0.3 is 14.8 Å². The number of aliphatic hydroxyl groups is 1. The van der Waals surface area contributed by atoms with Gasteiger partial charge in [0.25, 0.3) is 5.91 Å². The molecule has 0 bridgehead atoms. The normalized spacial score (nSPS) is 14.4. The molecule has 1 heterocycles. The summed E-state index contributed by atoms with van der Waals surface area (Å²) in [5, 5.41) is 12.6. The van der Waals surface area contributed by atoms with Crippen molar-refractivity contribution in [2.75, 3.05) is 18.6 Å². The van der Waals surface area contributed by atoms with E-state index in [1.807, 2.05) is 6.26 Å². The quantitative estimate of drug-likeness (QED) is 0.795. The highest BCUT2D eigenvalue weighted by Crippen LogP contribution is 2.11. The third-order valence-electron chi connectivity index (χ3n) is 2.22. The lowest BCUT2D eigenvalue weighted by molar-refractivity contribution is 0.0521. The Morgan fingerprint density at radius 3 is 3.00 bits per heavy atom. The van der Waals surface area contributed by atoms with Crippen molar-refractivity contribution < 1.29 is 14.3 Å². The molecule has 1 aromatic rings. The third-order valence-corrected chi connectivity index (χ3v) is 2.83. The lowest BCUT2D eigenvalue weighted by atomic mass is 10.0. The monoisotopic (exact) mass is 243 g/mol. The second kappa shape index (κ2) is 5.96. The lowest BCUT2D eigenvalue weighted by Gasteiger charge is -2.22. The maximum absolute atomic E-state index is 11.5. The van der Waals surface area contributed by atoms with E-state index in [0.29, 0.717) is 6.42 Å². The van der Waals surface area contributed by atoms with Gasteiger partial charge in [0.05, 0.1) is 11.9 Å². The molecular weight excluding hydrogens is 226 g/mol. The van der Waals surface area contributed by atoms with Crippen LogP contribution in [-0.4, -0.2) is 35.2 Å². The number of carbonyl (C=O) groups excluding carboxylic acids is 1. The minimum Gasteiger partial charge on any atom is -0.459 e. The topological polar surface area (TPSA) is 62.5 Å². The van der Waals surface area contributed by atoms with Gasteiger partial charge in [0.1, 0.15) is 0 Å². The van der Waals surface area contributed by atoms with Gasteiger partial charge in [0.15, 0.2) is 5.76 Å². The molecule has 1 aromatic heterocycles. The molecule has 1 atom stereocenters. The van der Waals surface area contributed by atoms with Crippen molar-refractivity contribution in [2.24, 2.45) is 0 Å². The van der Waals surface area contributed by atoms with Gasteiger partial charge in [-0.1, -0.05) is 0 Å². The van der Waals surface area contributed by atoms with Gasteiger partial charge in [0, 0.05) is 6.54 Å². The molecule has 16 heavy (non-hydrogen) atoms. The minimum atomic E-state index is -0.870. The largest absolute Gasteiger partial charge is 0.459 e. The zero-order chi connectivity index (χ0) is 12.0. The molecule has 0 aliphatic carbocycles. The van der Waals surface area contributed by atoms with Crippen LogP contribution >= 0.6 is 11.8 Å². The van der Waals surface area contributed by atoms with Crippen LogP contribution in [0.25, 0.3) is 0 Å².